The first-order valence-corrected chi connectivity index (χ1v) is 6.97. The van der Waals surface area contributed by atoms with Crippen LogP contribution in [0.25, 0.3) is 0 Å². The zero-order valence-corrected chi connectivity index (χ0v) is 11.3. The fourth-order valence-electron chi connectivity index (χ4n) is 1.42. The van der Waals surface area contributed by atoms with Crippen LogP contribution in [0, 0.1) is 3.57 Å². The second-order valence-corrected chi connectivity index (χ2v) is 5.72. The predicted octanol–water partition coefficient (Wildman–Crippen LogP) is 3.16. The molecule has 1 N–H and O–H groups in total. The number of nitrogens with zero attached hydrogens (tertiary/aromatic N) is 3. The van der Waals surface area contributed by atoms with Crippen LogP contribution in [0.15, 0.2) is 17.9 Å². The number of aromatic nitrogens is 3. The minimum absolute atomic E-state index is 0.705. The Balaban J connectivity index is 1.80. The number of anilines is 2. The fourth-order valence-corrected chi connectivity index (χ4v) is 2.64. The summed E-state index contributed by atoms with van der Waals surface area (Å²) in [6.45, 7) is 0. The van der Waals surface area contributed by atoms with Gasteiger partial charge in [-0.15, -0.1) is 11.3 Å². The highest BCUT2D eigenvalue weighted by atomic mass is 127. The van der Waals surface area contributed by atoms with Gasteiger partial charge < -0.3 is 5.32 Å². The van der Waals surface area contributed by atoms with E-state index in [1.165, 1.54) is 18.5 Å². The van der Waals surface area contributed by atoms with Crippen LogP contribution < -0.4 is 5.32 Å². The Kier molecular flexibility index (Phi) is 2.76. The van der Waals surface area contributed by atoms with Crippen molar-refractivity contribution in [1.29, 1.82) is 0 Å². The molecule has 2 aromatic heterocycles. The van der Waals surface area contributed by atoms with E-state index in [0.717, 1.165) is 14.5 Å². The number of hydrogen-bond acceptors (Lipinski definition) is 5. The Labute approximate surface area is 111 Å². The number of halogens is 1. The molecule has 0 aromatic carbocycles. The van der Waals surface area contributed by atoms with Crippen LogP contribution in [-0.4, -0.2) is 15.0 Å². The average Bonchev–Trinajstić information content (AvgIpc) is 3.03. The molecule has 0 unspecified atom stereocenters. The fraction of sp³-hybridized carbons (Fsp3) is 0.300. The first-order valence-electron chi connectivity index (χ1n) is 5.01. The minimum atomic E-state index is 0.705. The molecule has 4 nitrogen and oxygen atoms in total. The highest BCUT2D eigenvalue weighted by Crippen LogP contribution is 2.41. The summed E-state index contributed by atoms with van der Waals surface area (Å²) < 4.78 is 1.00. The largest absolute Gasteiger partial charge is 0.315 e. The van der Waals surface area contributed by atoms with E-state index in [2.05, 4.69) is 48.2 Å². The average molecular weight is 344 g/mol. The third-order valence-corrected chi connectivity index (χ3v) is 3.98. The van der Waals surface area contributed by atoms with Gasteiger partial charge in [0.05, 0.1) is 9.26 Å². The highest BCUT2D eigenvalue weighted by molar-refractivity contribution is 14.1. The summed E-state index contributed by atoms with van der Waals surface area (Å²) in [5.41, 5.74) is 1.22. The van der Waals surface area contributed by atoms with Gasteiger partial charge in [0.2, 0.25) is 0 Å². The van der Waals surface area contributed by atoms with E-state index in [4.69, 9.17) is 0 Å². The molecule has 2 heterocycles. The van der Waals surface area contributed by atoms with Gasteiger partial charge in [0.1, 0.15) is 12.1 Å². The van der Waals surface area contributed by atoms with Crippen molar-refractivity contribution in [2.24, 2.45) is 0 Å². The summed E-state index contributed by atoms with van der Waals surface area (Å²) in [5.74, 6) is 1.53. The number of thiazole rings is 1. The van der Waals surface area contributed by atoms with E-state index in [1.54, 1.807) is 23.9 Å². The van der Waals surface area contributed by atoms with Crippen molar-refractivity contribution in [2.45, 2.75) is 18.8 Å². The van der Waals surface area contributed by atoms with Crippen molar-refractivity contribution in [3.8, 4) is 0 Å². The molecule has 6 heteroatoms. The summed E-state index contributed by atoms with van der Waals surface area (Å²) in [5, 5.41) is 6.27. The van der Waals surface area contributed by atoms with Crippen LogP contribution in [0.3, 0.4) is 0 Å². The molecule has 3 rings (SSSR count). The smallest absolute Gasteiger partial charge is 0.188 e. The Morgan fingerprint density at radius 2 is 2.31 bits per heavy atom. The number of nitrogens with one attached hydrogen (secondary N) is 1. The lowest BCUT2D eigenvalue weighted by atomic mass is 10.3. The zero-order valence-electron chi connectivity index (χ0n) is 8.35. The molecule has 0 atom stereocenters. The monoisotopic (exact) mass is 344 g/mol. The normalized spacial score (nSPS) is 15.1. The van der Waals surface area contributed by atoms with E-state index in [9.17, 15) is 0 Å². The third kappa shape index (κ3) is 2.17. The molecule has 0 bridgehead atoms. The molecule has 82 valence electrons. The van der Waals surface area contributed by atoms with Gasteiger partial charge in [-0.2, -0.15) is 0 Å². The summed E-state index contributed by atoms with van der Waals surface area (Å²) in [7, 11) is 0. The van der Waals surface area contributed by atoms with Gasteiger partial charge in [0, 0.05) is 17.5 Å². The Bertz CT molecular complexity index is 509. The van der Waals surface area contributed by atoms with Crippen molar-refractivity contribution in [3.05, 3.63) is 27.2 Å². The molecule has 0 spiro atoms. The molecule has 16 heavy (non-hydrogen) atoms. The van der Waals surface area contributed by atoms with Crippen LogP contribution in [0.4, 0.5) is 10.9 Å². The van der Waals surface area contributed by atoms with E-state index < -0.39 is 0 Å². The van der Waals surface area contributed by atoms with Crippen LogP contribution in [0.5, 0.6) is 0 Å². The summed E-state index contributed by atoms with van der Waals surface area (Å²) >= 11 is 3.84. The summed E-state index contributed by atoms with van der Waals surface area (Å²) in [4.78, 5) is 12.7. The second kappa shape index (κ2) is 4.25. The van der Waals surface area contributed by atoms with E-state index in [1.807, 2.05) is 0 Å². The minimum Gasteiger partial charge on any atom is -0.315 e. The topological polar surface area (TPSA) is 50.7 Å². The summed E-state index contributed by atoms with van der Waals surface area (Å²) in [6.07, 6.45) is 5.90. The maximum atomic E-state index is 4.55. The SMILES string of the molecule is Ic1cncnc1Nc1nc(C2CC2)cs1. The van der Waals surface area contributed by atoms with Crippen molar-refractivity contribution in [3.63, 3.8) is 0 Å². The third-order valence-electron chi connectivity index (χ3n) is 2.41. The molecule has 0 saturated heterocycles. The quantitative estimate of drug-likeness (QED) is 0.869. The van der Waals surface area contributed by atoms with Gasteiger partial charge in [-0.05, 0) is 35.4 Å². The van der Waals surface area contributed by atoms with Crippen LogP contribution in [-0.2, 0) is 0 Å². The molecule has 0 radical (unpaired) electrons. The van der Waals surface area contributed by atoms with Gasteiger partial charge >= 0.3 is 0 Å². The van der Waals surface area contributed by atoms with Crippen LogP contribution >= 0.6 is 33.9 Å². The molecule has 1 aliphatic carbocycles. The molecule has 0 aliphatic heterocycles. The lowest BCUT2D eigenvalue weighted by Crippen LogP contribution is -1.96. The molecule has 1 aliphatic rings. The lowest BCUT2D eigenvalue weighted by Gasteiger charge is -2.02. The molecule has 0 amide bonds. The molecule has 1 fully saturated rings. The van der Waals surface area contributed by atoms with Crippen molar-refractivity contribution in [2.75, 3.05) is 5.32 Å². The summed E-state index contributed by atoms with van der Waals surface area (Å²) in [6, 6.07) is 0. The molecule has 1 saturated carbocycles. The Hall–Kier alpha value is -0.760. The Morgan fingerprint density at radius 3 is 3.06 bits per heavy atom. The van der Waals surface area contributed by atoms with Gasteiger partial charge in [0.15, 0.2) is 5.13 Å². The predicted molar refractivity (Wildman–Crippen MR) is 72.1 cm³/mol. The maximum Gasteiger partial charge on any atom is 0.188 e. The molecule has 2 aromatic rings. The van der Waals surface area contributed by atoms with Gasteiger partial charge in [0.25, 0.3) is 0 Å². The van der Waals surface area contributed by atoms with E-state index in [0.29, 0.717) is 5.92 Å². The Morgan fingerprint density at radius 1 is 1.44 bits per heavy atom. The maximum absolute atomic E-state index is 4.55. The first kappa shape index (κ1) is 10.4. The molecular weight excluding hydrogens is 335 g/mol. The van der Waals surface area contributed by atoms with Crippen molar-refractivity contribution < 1.29 is 0 Å². The zero-order chi connectivity index (χ0) is 11.0. The molecular formula is C10H9IN4S. The number of rotatable bonds is 3. The van der Waals surface area contributed by atoms with Crippen molar-refractivity contribution in [1.82, 2.24) is 15.0 Å². The lowest BCUT2D eigenvalue weighted by molar-refractivity contribution is 1.05. The van der Waals surface area contributed by atoms with Crippen LogP contribution in [0.1, 0.15) is 24.5 Å². The van der Waals surface area contributed by atoms with Crippen molar-refractivity contribution >= 4 is 44.9 Å². The standard InChI is InChI=1S/C10H9IN4S/c11-7-3-12-5-13-9(7)15-10-14-8(4-16-10)6-1-2-6/h3-6H,1-2H2,(H,12,13,14,15). The van der Waals surface area contributed by atoms with Gasteiger partial charge in [-0.1, -0.05) is 0 Å². The van der Waals surface area contributed by atoms with Gasteiger partial charge in [-0.3, -0.25) is 0 Å². The second-order valence-electron chi connectivity index (χ2n) is 3.70. The van der Waals surface area contributed by atoms with Crippen LogP contribution in [0.2, 0.25) is 0 Å². The van der Waals surface area contributed by atoms with E-state index >= 15 is 0 Å². The van der Waals surface area contributed by atoms with E-state index in [-0.39, 0.29) is 0 Å². The highest BCUT2D eigenvalue weighted by Gasteiger charge is 2.26. The van der Waals surface area contributed by atoms with Gasteiger partial charge in [-0.25, -0.2) is 15.0 Å². The number of hydrogen-bond donors (Lipinski definition) is 1. The first-order chi connectivity index (χ1) is 7.83.